The average molecular weight is 164 g/mol. The topological polar surface area (TPSA) is 0 Å². The first kappa shape index (κ1) is 11.2. The third kappa shape index (κ3) is 7.33. The fourth-order valence-electron chi connectivity index (χ4n) is 0.743. The highest BCUT2D eigenvalue weighted by Gasteiger charge is 1.76. The molecular weight excluding hydrogens is 144 g/mol. The summed E-state index contributed by atoms with van der Waals surface area (Å²) in [6.45, 7) is 6.52. The Balaban J connectivity index is 3.62. The minimum absolute atomic E-state index is 1.14. The molecule has 0 aliphatic carbocycles. The molecule has 0 N–H and O–H groups in total. The van der Waals surface area contributed by atoms with Gasteiger partial charge in [-0.3, -0.25) is 0 Å². The van der Waals surface area contributed by atoms with Crippen LogP contribution in [0.25, 0.3) is 0 Å². The molecule has 0 atom stereocenters. The predicted octanol–water partition coefficient (Wildman–Crippen LogP) is 4.26. The first-order chi connectivity index (χ1) is 5.81. The molecule has 0 aromatic carbocycles. The molecule has 0 amide bonds. The van der Waals surface area contributed by atoms with Crippen LogP contribution in [-0.4, -0.2) is 0 Å². The van der Waals surface area contributed by atoms with E-state index in [1.807, 2.05) is 0 Å². The maximum absolute atomic E-state index is 2.20. The van der Waals surface area contributed by atoms with Gasteiger partial charge in [0.25, 0.3) is 0 Å². The van der Waals surface area contributed by atoms with Crippen LogP contribution in [0.15, 0.2) is 36.0 Å². The largest absolute Gasteiger partial charge is 0.0845 e. The Morgan fingerprint density at radius 3 is 2.42 bits per heavy atom. The summed E-state index contributed by atoms with van der Waals surface area (Å²) in [5.74, 6) is 0. The van der Waals surface area contributed by atoms with Crippen molar-refractivity contribution >= 4 is 0 Å². The molecule has 0 unspecified atom stereocenters. The molecule has 0 heterocycles. The third-order valence-corrected chi connectivity index (χ3v) is 1.75. The van der Waals surface area contributed by atoms with Crippen LogP contribution in [0.4, 0.5) is 0 Å². The van der Waals surface area contributed by atoms with E-state index in [9.17, 15) is 0 Å². The summed E-state index contributed by atoms with van der Waals surface area (Å²) >= 11 is 0. The highest BCUT2D eigenvalue weighted by molar-refractivity contribution is 5.14. The molecule has 0 spiro atoms. The van der Waals surface area contributed by atoms with Gasteiger partial charge in [0.15, 0.2) is 0 Å². The van der Waals surface area contributed by atoms with Crippen molar-refractivity contribution in [1.29, 1.82) is 0 Å². The van der Waals surface area contributed by atoms with E-state index in [1.165, 1.54) is 18.4 Å². The maximum atomic E-state index is 2.20. The summed E-state index contributed by atoms with van der Waals surface area (Å²) in [4.78, 5) is 0. The van der Waals surface area contributed by atoms with Gasteiger partial charge in [-0.2, -0.15) is 0 Å². The molecule has 0 aliphatic heterocycles. The zero-order chi connectivity index (χ0) is 9.23. The average Bonchev–Trinajstić information content (AvgIpc) is 2.10. The number of rotatable bonds is 5. The number of allylic oxidation sites excluding steroid dienone is 6. The zero-order valence-electron chi connectivity index (χ0n) is 8.51. The Morgan fingerprint density at radius 1 is 1.08 bits per heavy atom. The van der Waals surface area contributed by atoms with Crippen molar-refractivity contribution in [3.8, 4) is 0 Å². The third-order valence-electron chi connectivity index (χ3n) is 1.75. The van der Waals surface area contributed by atoms with Crippen LogP contribution in [0.1, 0.15) is 40.0 Å². The standard InChI is InChI=1S/C12H20/c1-4-6-7-8-9-10-11-12(3)5-2/h7-11H,4-6H2,1-3H3. The predicted molar refractivity (Wildman–Crippen MR) is 57.2 cm³/mol. The number of hydrogen-bond acceptors (Lipinski definition) is 0. The Bertz CT molecular complexity index is 170. The van der Waals surface area contributed by atoms with Crippen molar-refractivity contribution in [2.75, 3.05) is 0 Å². The zero-order valence-corrected chi connectivity index (χ0v) is 8.51. The number of hydrogen-bond donors (Lipinski definition) is 0. The van der Waals surface area contributed by atoms with Gasteiger partial charge < -0.3 is 0 Å². The normalized spacial score (nSPS) is 13.4. The first-order valence-corrected chi connectivity index (χ1v) is 4.80. The van der Waals surface area contributed by atoms with Crippen molar-refractivity contribution in [1.82, 2.24) is 0 Å². The van der Waals surface area contributed by atoms with E-state index in [2.05, 4.69) is 51.2 Å². The van der Waals surface area contributed by atoms with Gasteiger partial charge in [0.1, 0.15) is 0 Å². The van der Waals surface area contributed by atoms with E-state index in [0.29, 0.717) is 0 Å². The second-order valence-electron chi connectivity index (χ2n) is 2.97. The van der Waals surface area contributed by atoms with Gasteiger partial charge >= 0.3 is 0 Å². The van der Waals surface area contributed by atoms with E-state index >= 15 is 0 Å². The lowest BCUT2D eigenvalue weighted by atomic mass is 10.2. The van der Waals surface area contributed by atoms with Crippen molar-refractivity contribution in [3.63, 3.8) is 0 Å². The van der Waals surface area contributed by atoms with Gasteiger partial charge in [-0.1, -0.05) is 56.2 Å². The van der Waals surface area contributed by atoms with Gasteiger partial charge in [0.2, 0.25) is 0 Å². The molecule has 0 nitrogen and oxygen atoms in total. The van der Waals surface area contributed by atoms with Gasteiger partial charge in [-0.05, 0) is 19.8 Å². The SMILES string of the molecule is CCCC=CC=CC=C(C)CC. The Labute approximate surface area is 76.7 Å². The lowest BCUT2D eigenvalue weighted by molar-refractivity contribution is 0.959. The van der Waals surface area contributed by atoms with Crippen molar-refractivity contribution in [2.45, 2.75) is 40.0 Å². The molecule has 0 radical (unpaired) electrons. The summed E-state index contributed by atoms with van der Waals surface area (Å²) in [7, 11) is 0. The second-order valence-corrected chi connectivity index (χ2v) is 2.97. The van der Waals surface area contributed by atoms with Crippen LogP contribution in [0.3, 0.4) is 0 Å². The van der Waals surface area contributed by atoms with Crippen LogP contribution in [0.2, 0.25) is 0 Å². The molecule has 68 valence electrons. The van der Waals surface area contributed by atoms with Crippen LogP contribution in [0, 0.1) is 0 Å². The van der Waals surface area contributed by atoms with Crippen LogP contribution < -0.4 is 0 Å². The minimum Gasteiger partial charge on any atom is -0.0845 e. The van der Waals surface area contributed by atoms with Gasteiger partial charge in [0, 0.05) is 0 Å². The highest BCUT2D eigenvalue weighted by Crippen LogP contribution is 1.97. The van der Waals surface area contributed by atoms with E-state index in [0.717, 1.165) is 6.42 Å². The maximum Gasteiger partial charge on any atom is -0.0349 e. The second kappa shape index (κ2) is 8.32. The monoisotopic (exact) mass is 164 g/mol. The summed E-state index contributed by atoms with van der Waals surface area (Å²) in [6, 6.07) is 0. The van der Waals surface area contributed by atoms with E-state index < -0.39 is 0 Å². The van der Waals surface area contributed by atoms with Crippen molar-refractivity contribution in [3.05, 3.63) is 36.0 Å². The van der Waals surface area contributed by atoms with Gasteiger partial charge in [-0.15, -0.1) is 0 Å². The molecule has 0 fully saturated rings. The lowest BCUT2D eigenvalue weighted by Gasteiger charge is -1.87. The highest BCUT2D eigenvalue weighted by atomic mass is 13.8. The van der Waals surface area contributed by atoms with Gasteiger partial charge in [-0.25, -0.2) is 0 Å². The molecule has 0 saturated heterocycles. The molecular formula is C12H20. The molecule has 0 rings (SSSR count). The Kier molecular flexibility index (Phi) is 7.78. The molecule has 12 heavy (non-hydrogen) atoms. The molecule has 0 heteroatoms. The molecule has 0 aliphatic rings. The van der Waals surface area contributed by atoms with E-state index in [1.54, 1.807) is 0 Å². The first-order valence-electron chi connectivity index (χ1n) is 4.80. The minimum atomic E-state index is 1.14. The Morgan fingerprint density at radius 2 is 1.83 bits per heavy atom. The Hall–Kier alpha value is -0.780. The van der Waals surface area contributed by atoms with Crippen molar-refractivity contribution in [2.24, 2.45) is 0 Å². The van der Waals surface area contributed by atoms with E-state index in [-0.39, 0.29) is 0 Å². The molecule has 0 aromatic rings. The smallest absolute Gasteiger partial charge is 0.0349 e. The summed E-state index contributed by atoms with van der Waals surface area (Å²) < 4.78 is 0. The summed E-state index contributed by atoms with van der Waals surface area (Å²) in [6.07, 6.45) is 14.2. The van der Waals surface area contributed by atoms with Gasteiger partial charge in [0.05, 0.1) is 0 Å². The number of unbranched alkanes of at least 4 members (excludes halogenated alkanes) is 1. The summed E-state index contributed by atoms with van der Waals surface area (Å²) in [5, 5.41) is 0. The molecule has 0 aromatic heterocycles. The summed E-state index contributed by atoms with van der Waals surface area (Å²) in [5.41, 5.74) is 1.43. The molecule has 0 saturated carbocycles. The molecule has 0 bridgehead atoms. The van der Waals surface area contributed by atoms with Crippen LogP contribution >= 0.6 is 0 Å². The lowest BCUT2D eigenvalue weighted by Crippen LogP contribution is -1.66. The van der Waals surface area contributed by atoms with Crippen LogP contribution in [0.5, 0.6) is 0 Å². The van der Waals surface area contributed by atoms with E-state index in [4.69, 9.17) is 0 Å². The fourth-order valence-corrected chi connectivity index (χ4v) is 0.743. The fraction of sp³-hybridized carbons (Fsp3) is 0.500. The van der Waals surface area contributed by atoms with Crippen LogP contribution in [-0.2, 0) is 0 Å². The van der Waals surface area contributed by atoms with Crippen molar-refractivity contribution < 1.29 is 0 Å². The quantitative estimate of drug-likeness (QED) is 0.533.